The summed E-state index contributed by atoms with van der Waals surface area (Å²) < 4.78 is 10.5. The molecule has 1 atom stereocenters. The second-order valence-electron chi connectivity index (χ2n) is 6.59. The Balaban J connectivity index is 1.96. The van der Waals surface area contributed by atoms with E-state index in [2.05, 4.69) is 0 Å². The highest BCUT2D eigenvalue weighted by Crippen LogP contribution is 2.42. The first-order valence-electron chi connectivity index (χ1n) is 8.43. The minimum Gasteiger partial charge on any atom is -0.507 e. The lowest BCUT2D eigenvalue weighted by Crippen LogP contribution is -2.06. The number of allylic oxidation sites excluding steroid dienone is 2. The van der Waals surface area contributed by atoms with Gasteiger partial charge in [0.1, 0.15) is 23.7 Å². The van der Waals surface area contributed by atoms with Crippen LogP contribution >= 0.6 is 0 Å². The van der Waals surface area contributed by atoms with E-state index in [1.165, 1.54) is 7.11 Å². The fourth-order valence-corrected chi connectivity index (χ4v) is 3.92. The molecule has 0 spiro atoms. The normalized spacial score (nSPS) is 20.6. The fourth-order valence-electron chi connectivity index (χ4n) is 3.92. The Hall–Kier alpha value is -2.50. The van der Waals surface area contributed by atoms with Crippen LogP contribution in [-0.2, 0) is 22.6 Å². The number of aliphatic carboxylic acids is 1. The van der Waals surface area contributed by atoms with E-state index < -0.39 is 11.9 Å². The van der Waals surface area contributed by atoms with Crippen molar-refractivity contribution in [1.82, 2.24) is 0 Å². The van der Waals surface area contributed by atoms with Crippen LogP contribution in [0.4, 0.5) is 0 Å². The Morgan fingerprint density at radius 2 is 2.20 bits per heavy atom. The molecule has 1 saturated carbocycles. The maximum Gasteiger partial charge on any atom is 0.342 e. The summed E-state index contributed by atoms with van der Waals surface area (Å²) in [7, 11) is 1.53. The van der Waals surface area contributed by atoms with Crippen LogP contribution in [-0.4, -0.2) is 29.3 Å². The molecule has 25 heavy (non-hydrogen) atoms. The summed E-state index contributed by atoms with van der Waals surface area (Å²) in [4.78, 5) is 22.9. The quantitative estimate of drug-likeness (QED) is 0.628. The molecule has 1 heterocycles. The third-order valence-electron chi connectivity index (χ3n) is 5.18. The lowest BCUT2D eigenvalue weighted by atomic mass is 9.93. The van der Waals surface area contributed by atoms with Gasteiger partial charge >= 0.3 is 11.9 Å². The van der Waals surface area contributed by atoms with Gasteiger partial charge in [-0.15, -0.1) is 0 Å². The second kappa shape index (κ2) is 6.78. The number of fused-ring (bicyclic) bond motifs is 1. The average Bonchev–Trinajstić information content (AvgIpc) is 3.15. The SMILES string of the molecule is COc1c(C)c2c(c(O)c1C/C=C1\CCCC1CC(=O)O)C(=O)OC2. The molecule has 2 N–H and O–H groups in total. The molecule has 1 fully saturated rings. The summed E-state index contributed by atoms with van der Waals surface area (Å²) >= 11 is 0. The van der Waals surface area contributed by atoms with Gasteiger partial charge < -0.3 is 19.7 Å². The maximum absolute atomic E-state index is 11.9. The van der Waals surface area contributed by atoms with Crippen molar-refractivity contribution in [2.45, 2.75) is 45.6 Å². The van der Waals surface area contributed by atoms with Crippen molar-refractivity contribution in [3.63, 3.8) is 0 Å². The predicted molar refractivity (Wildman–Crippen MR) is 89.9 cm³/mol. The Labute approximate surface area is 146 Å². The van der Waals surface area contributed by atoms with Crippen molar-refractivity contribution in [3.8, 4) is 11.5 Å². The van der Waals surface area contributed by atoms with Crippen LogP contribution in [0.2, 0.25) is 0 Å². The number of rotatable bonds is 5. The molecule has 0 radical (unpaired) electrons. The monoisotopic (exact) mass is 346 g/mol. The third kappa shape index (κ3) is 3.08. The van der Waals surface area contributed by atoms with E-state index in [-0.39, 0.29) is 30.3 Å². The Morgan fingerprint density at radius 3 is 2.88 bits per heavy atom. The van der Waals surface area contributed by atoms with Gasteiger partial charge in [0.15, 0.2) is 0 Å². The van der Waals surface area contributed by atoms with Crippen molar-refractivity contribution in [2.24, 2.45) is 5.92 Å². The van der Waals surface area contributed by atoms with Gasteiger partial charge in [-0.2, -0.15) is 0 Å². The highest BCUT2D eigenvalue weighted by Gasteiger charge is 2.32. The first kappa shape index (κ1) is 17.3. The van der Waals surface area contributed by atoms with Crippen LogP contribution in [0.15, 0.2) is 11.6 Å². The first-order chi connectivity index (χ1) is 11.9. The van der Waals surface area contributed by atoms with Crippen LogP contribution in [0, 0.1) is 12.8 Å². The molecule has 134 valence electrons. The number of carboxylic acid groups (broad SMARTS) is 1. The molecule has 1 aromatic carbocycles. The first-order valence-corrected chi connectivity index (χ1v) is 8.43. The number of carbonyl (C=O) groups is 2. The second-order valence-corrected chi connectivity index (χ2v) is 6.59. The molecule has 1 aromatic rings. The number of phenols is 1. The number of carboxylic acids is 1. The summed E-state index contributed by atoms with van der Waals surface area (Å²) in [5.74, 6) is -0.805. The van der Waals surface area contributed by atoms with E-state index in [9.17, 15) is 14.7 Å². The molecular weight excluding hydrogens is 324 g/mol. The third-order valence-corrected chi connectivity index (χ3v) is 5.18. The highest BCUT2D eigenvalue weighted by atomic mass is 16.5. The lowest BCUT2D eigenvalue weighted by Gasteiger charge is -2.16. The number of hydrogen-bond donors (Lipinski definition) is 2. The van der Waals surface area contributed by atoms with Crippen molar-refractivity contribution < 1.29 is 29.3 Å². The van der Waals surface area contributed by atoms with Gasteiger partial charge in [-0.25, -0.2) is 4.79 Å². The number of ether oxygens (including phenoxy) is 2. The van der Waals surface area contributed by atoms with Crippen LogP contribution in [0.1, 0.15) is 52.7 Å². The number of benzene rings is 1. The van der Waals surface area contributed by atoms with Crippen molar-refractivity contribution >= 4 is 11.9 Å². The standard InChI is InChI=1S/C19H22O6/c1-10-14-9-25-19(23)16(14)17(22)13(18(10)24-2)7-6-11-4-3-5-12(11)8-15(20)21/h6,12,22H,3-5,7-9H2,1-2H3,(H,20,21)/b11-6+. The topological polar surface area (TPSA) is 93.1 Å². The molecule has 0 saturated heterocycles. The summed E-state index contributed by atoms with van der Waals surface area (Å²) in [6.07, 6.45) is 5.21. The number of hydrogen-bond acceptors (Lipinski definition) is 5. The number of phenolic OH excluding ortho intramolecular Hbond substituents is 1. The van der Waals surface area contributed by atoms with E-state index in [4.69, 9.17) is 14.6 Å². The van der Waals surface area contributed by atoms with E-state index in [0.717, 1.165) is 30.4 Å². The van der Waals surface area contributed by atoms with Crippen molar-refractivity contribution in [3.05, 3.63) is 33.9 Å². The number of esters is 1. The minimum atomic E-state index is -0.797. The Kier molecular flexibility index (Phi) is 4.70. The van der Waals surface area contributed by atoms with E-state index >= 15 is 0 Å². The molecule has 1 aliphatic heterocycles. The van der Waals surface area contributed by atoms with E-state index in [1.807, 2.05) is 13.0 Å². The summed E-state index contributed by atoms with van der Waals surface area (Å²) in [6, 6.07) is 0. The van der Waals surface area contributed by atoms with E-state index in [1.54, 1.807) is 0 Å². The summed E-state index contributed by atoms with van der Waals surface area (Å²) in [6.45, 7) is 1.99. The van der Waals surface area contributed by atoms with Crippen LogP contribution in [0.25, 0.3) is 0 Å². The van der Waals surface area contributed by atoms with Gasteiger partial charge in [0.25, 0.3) is 0 Å². The summed E-state index contributed by atoms with van der Waals surface area (Å²) in [5.41, 5.74) is 3.33. The zero-order chi connectivity index (χ0) is 18.1. The molecule has 0 amide bonds. The number of methoxy groups -OCH3 is 1. The number of cyclic esters (lactones) is 1. The zero-order valence-electron chi connectivity index (χ0n) is 14.4. The van der Waals surface area contributed by atoms with Crippen molar-refractivity contribution in [1.29, 1.82) is 0 Å². The molecule has 0 bridgehead atoms. The molecule has 6 nitrogen and oxygen atoms in total. The molecule has 0 aromatic heterocycles. The molecule has 1 unspecified atom stereocenters. The number of aromatic hydroxyl groups is 1. The lowest BCUT2D eigenvalue weighted by molar-refractivity contribution is -0.137. The van der Waals surface area contributed by atoms with Gasteiger partial charge in [-0.05, 0) is 44.1 Å². The average molecular weight is 346 g/mol. The molecule has 3 rings (SSSR count). The van der Waals surface area contributed by atoms with Gasteiger partial charge in [-0.1, -0.05) is 11.6 Å². The van der Waals surface area contributed by atoms with Gasteiger partial charge in [0.2, 0.25) is 0 Å². The minimum absolute atomic E-state index is 0.0473. The van der Waals surface area contributed by atoms with Crippen LogP contribution < -0.4 is 4.74 Å². The van der Waals surface area contributed by atoms with Crippen LogP contribution in [0.3, 0.4) is 0 Å². The fraction of sp³-hybridized carbons (Fsp3) is 0.474. The van der Waals surface area contributed by atoms with Crippen molar-refractivity contribution in [2.75, 3.05) is 7.11 Å². The summed E-state index contributed by atoms with van der Waals surface area (Å²) in [5, 5.41) is 19.6. The smallest absolute Gasteiger partial charge is 0.342 e. The molecular formula is C19H22O6. The molecule has 6 heteroatoms. The Bertz CT molecular complexity index is 762. The number of carbonyl (C=O) groups excluding carboxylic acids is 1. The largest absolute Gasteiger partial charge is 0.507 e. The molecule has 2 aliphatic rings. The van der Waals surface area contributed by atoms with Gasteiger partial charge in [0, 0.05) is 11.1 Å². The highest BCUT2D eigenvalue weighted by molar-refractivity contribution is 5.98. The zero-order valence-corrected chi connectivity index (χ0v) is 14.4. The van der Waals surface area contributed by atoms with Gasteiger partial charge in [0.05, 0.1) is 13.5 Å². The van der Waals surface area contributed by atoms with E-state index in [0.29, 0.717) is 23.3 Å². The van der Waals surface area contributed by atoms with Crippen LogP contribution in [0.5, 0.6) is 11.5 Å². The van der Waals surface area contributed by atoms with Gasteiger partial charge in [-0.3, -0.25) is 4.79 Å². The predicted octanol–water partition coefficient (Wildman–Crippen LogP) is 3.12. The molecule has 1 aliphatic carbocycles. The Morgan fingerprint density at radius 1 is 1.44 bits per heavy atom. The maximum atomic E-state index is 11.9.